The second kappa shape index (κ2) is 8.35. The molecule has 8 heteroatoms. The van der Waals surface area contributed by atoms with Crippen molar-refractivity contribution in [2.24, 2.45) is 0 Å². The minimum Gasteiger partial charge on any atom is -0.318 e. The zero-order valence-electron chi connectivity index (χ0n) is 16.6. The molecule has 0 spiro atoms. The van der Waals surface area contributed by atoms with E-state index in [0.717, 1.165) is 26.2 Å². The summed E-state index contributed by atoms with van der Waals surface area (Å²) in [4.78, 5) is 26.9. The molecule has 2 heterocycles. The fourth-order valence-corrected chi connectivity index (χ4v) is 4.20. The fourth-order valence-electron chi connectivity index (χ4n) is 3.56. The van der Waals surface area contributed by atoms with Crippen LogP contribution in [0.2, 0.25) is 0 Å². The number of hydrogen-bond acceptors (Lipinski definition) is 3. The largest absolute Gasteiger partial charge is 0.318 e. The standard InChI is InChI=1S/C23H17FIN3O2S/c1-13-11-15(14(2)27(13)18-9-5-17(25)6-10-18)12-20-21(29)26-23(31)28(22(20)30)19-7-3-16(24)4-8-19/h3-12H,1-2H3,(H,26,29,31)/b20-12+. The van der Waals surface area contributed by atoms with Gasteiger partial charge in [0, 0.05) is 20.6 Å². The second-order valence-corrected chi connectivity index (χ2v) is 8.70. The van der Waals surface area contributed by atoms with Crippen LogP contribution in [0.15, 0.2) is 60.2 Å². The van der Waals surface area contributed by atoms with Gasteiger partial charge in [0.2, 0.25) is 0 Å². The molecule has 0 radical (unpaired) electrons. The Morgan fingerprint density at radius 2 is 1.61 bits per heavy atom. The Kier molecular flexibility index (Phi) is 5.76. The predicted molar refractivity (Wildman–Crippen MR) is 131 cm³/mol. The van der Waals surface area contributed by atoms with Gasteiger partial charge in [-0.2, -0.15) is 0 Å². The molecule has 3 aromatic rings. The molecule has 1 aromatic heterocycles. The van der Waals surface area contributed by atoms with Crippen LogP contribution in [-0.2, 0) is 9.59 Å². The van der Waals surface area contributed by atoms with Crippen molar-refractivity contribution in [3.63, 3.8) is 0 Å². The number of aryl methyl sites for hydroxylation is 1. The third-order valence-corrected chi connectivity index (χ3v) is 6.05. The van der Waals surface area contributed by atoms with Crippen molar-refractivity contribution in [3.8, 4) is 5.69 Å². The first kappa shape index (κ1) is 21.4. The Balaban J connectivity index is 1.75. The summed E-state index contributed by atoms with van der Waals surface area (Å²) in [6.45, 7) is 3.90. The monoisotopic (exact) mass is 545 g/mol. The lowest BCUT2D eigenvalue weighted by atomic mass is 10.1. The molecule has 1 N–H and O–H groups in total. The van der Waals surface area contributed by atoms with Crippen LogP contribution in [0.4, 0.5) is 10.1 Å². The summed E-state index contributed by atoms with van der Waals surface area (Å²) >= 11 is 7.44. The summed E-state index contributed by atoms with van der Waals surface area (Å²) in [5.41, 5.74) is 3.95. The van der Waals surface area contributed by atoms with Crippen molar-refractivity contribution >= 4 is 63.5 Å². The van der Waals surface area contributed by atoms with Gasteiger partial charge in [-0.25, -0.2) is 4.39 Å². The number of anilines is 1. The molecule has 5 nitrogen and oxygen atoms in total. The number of aromatic nitrogens is 1. The zero-order valence-corrected chi connectivity index (χ0v) is 19.6. The van der Waals surface area contributed by atoms with E-state index < -0.39 is 17.6 Å². The van der Waals surface area contributed by atoms with Crippen LogP contribution in [0.5, 0.6) is 0 Å². The minimum atomic E-state index is -0.563. The lowest BCUT2D eigenvalue weighted by molar-refractivity contribution is -0.122. The van der Waals surface area contributed by atoms with Crippen LogP contribution in [-0.4, -0.2) is 21.5 Å². The van der Waals surface area contributed by atoms with Crippen LogP contribution in [0, 0.1) is 23.2 Å². The average molecular weight is 545 g/mol. The summed E-state index contributed by atoms with van der Waals surface area (Å²) in [6, 6.07) is 15.4. The maximum absolute atomic E-state index is 13.3. The first-order valence-corrected chi connectivity index (χ1v) is 10.9. The van der Waals surface area contributed by atoms with E-state index in [1.807, 2.05) is 44.2 Å². The van der Waals surface area contributed by atoms with Crippen molar-refractivity contribution < 1.29 is 14.0 Å². The summed E-state index contributed by atoms with van der Waals surface area (Å²) < 4.78 is 16.5. The Morgan fingerprint density at radius 3 is 2.26 bits per heavy atom. The Morgan fingerprint density at radius 1 is 1.00 bits per heavy atom. The van der Waals surface area contributed by atoms with Crippen LogP contribution < -0.4 is 10.2 Å². The topological polar surface area (TPSA) is 54.3 Å². The molecule has 0 saturated carbocycles. The van der Waals surface area contributed by atoms with E-state index in [-0.39, 0.29) is 10.7 Å². The van der Waals surface area contributed by atoms with Crippen LogP contribution >= 0.6 is 34.8 Å². The summed E-state index contributed by atoms with van der Waals surface area (Å²) in [6.07, 6.45) is 1.57. The van der Waals surface area contributed by atoms with Gasteiger partial charge in [-0.05, 0) is 115 Å². The van der Waals surface area contributed by atoms with Gasteiger partial charge in [-0.1, -0.05) is 0 Å². The third-order valence-electron chi connectivity index (χ3n) is 5.04. The minimum absolute atomic E-state index is 0.0388. The fraction of sp³-hybridized carbons (Fsp3) is 0.0870. The number of carbonyl (C=O) groups excluding carboxylic acids is 2. The number of halogens is 2. The van der Waals surface area contributed by atoms with Gasteiger partial charge in [0.05, 0.1) is 5.69 Å². The normalized spacial score (nSPS) is 15.5. The number of carbonyl (C=O) groups is 2. The summed E-state index contributed by atoms with van der Waals surface area (Å²) in [7, 11) is 0. The zero-order chi connectivity index (χ0) is 22.3. The molecule has 0 atom stereocenters. The van der Waals surface area contributed by atoms with Crippen molar-refractivity contribution in [1.29, 1.82) is 0 Å². The van der Waals surface area contributed by atoms with Gasteiger partial charge < -0.3 is 4.57 Å². The first-order valence-electron chi connectivity index (χ1n) is 9.38. The molecule has 0 bridgehead atoms. The molecule has 1 fully saturated rings. The Hall–Kier alpha value is -2.85. The molecular formula is C23H17FIN3O2S. The Bertz CT molecular complexity index is 1250. The van der Waals surface area contributed by atoms with Gasteiger partial charge in [0.1, 0.15) is 11.4 Å². The van der Waals surface area contributed by atoms with Crippen molar-refractivity contribution in [3.05, 3.63) is 86.5 Å². The van der Waals surface area contributed by atoms with Crippen LogP contribution in [0.3, 0.4) is 0 Å². The molecule has 1 aliphatic rings. The molecule has 31 heavy (non-hydrogen) atoms. The molecule has 1 saturated heterocycles. The number of amides is 2. The number of thiocarbonyl (C=S) groups is 1. The van der Waals surface area contributed by atoms with Crippen molar-refractivity contribution in [2.75, 3.05) is 4.90 Å². The van der Waals surface area contributed by atoms with Crippen LogP contribution in [0.25, 0.3) is 11.8 Å². The van der Waals surface area contributed by atoms with Gasteiger partial charge >= 0.3 is 0 Å². The van der Waals surface area contributed by atoms with Crippen molar-refractivity contribution in [1.82, 2.24) is 9.88 Å². The van der Waals surface area contributed by atoms with E-state index >= 15 is 0 Å². The molecule has 156 valence electrons. The molecular weight excluding hydrogens is 528 g/mol. The third kappa shape index (κ3) is 4.05. The van der Waals surface area contributed by atoms with E-state index in [4.69, 9.17) is 12.2 Å². The number of rotatable bonds is 3. The number of hydrogen-bond donors (Lipinski definition) is 1. The van der Waals surface area contributed by atoms with E-state index in [1.165, 1.54) is 29.2 Å². The second-order valence-electron chi connectivity index (χ2n) is 7.07. The van der Waals surface area contributed by atoms with Gasteiger partial charge in [0.15, 0.2) is 5.11 Å². The van der Waals surface area contributed by atoms with Gasteiger partial charge in [-0.3, -0.25) is 19.8 Å². The predicted octanol–water partition coefficient (Wildman–Crippen LogP) is 4.67. The number of benzene rings is 2. The van der Waals surface area contributed by atoms with E-state index in [1.54, 1.807) is 6.08 Å². The molecule has 4 rings (SSSR count). The summed E-state index contributed by atoms with van der Waals surface area (Å²) in [5, 5.41) is 2.51. The maximum atomic E-state index is 13.3. The summed E-state index contributed by atoms with van der Waals surface area (Å²) in [5.74, 6) is -1.55. The van der Waals surface area contributed by atoms with Gasteiger partial charge in [-0.15, -0.1) is 0 Å². The van der Waals surface area contributed by atoms with E-state index in [0.29, 0.717) is 5.69 Å². The van der Waals surface area contributed by atoms with Gasteiger partial charge in [0.25, 0.3) is 11.8 Å². The molecule has 0 unspecified atom stereocenters. The number of nitrogens with zero attached hydrogens (tertiary/aromatic N) is 2. The molecule has 1 aliphatic heterocycles. The molecule has 0 aliphatic carbocycles. The average Bonchev–Trinajstić information content (AvgIpc) is 3.00. The highest BCUT2D eigenvalue weighted by Crippen LogP contribution is 2.26. The Labute approximate surface area is 197 Å². The smallest absolute Gasteiger partial charge is 0.270 e. The number of nitrogens with one attached hydrogen (secondary N) is 1. The molecule has 2 aromatic carbocycles. The SMILES string of the molecule is Cc1cc(/C=C2\C(=O)NC(=S)N(c3ccc(F)cc3)C2=O)c(C)n1-c1ccc(I)cc1. The first-order chi connectivity index (χ1) is 14.8. The highest BCUT2D eigenvalue weighted by Gasteiger charge is 2.34. The van der Waals surface area contributed by atoms with Crippen molar-refractivity contribution in [2.45, 2.75) is 13.8 Å². The molecule has 2 amide bonds. The lowest BCUT2D eigenvalue weighted by Crippen LogP contribution is -2.54. The quantitative estimate of drug-likeness (QED) is 0.225. The highest BCUT2D eigenvalue weighted by atomic mass is 127. The highest BCUT2D eigenvalue weighted by molar-refractivity contribution is 14.1. The lowest BCUT2D eigenvalue weighted by Gasteiger charge is -2.28. The maximum Gasteiger partial charge on any atom is 0.270 e. The van der Waals surface area contributed by atoms with Crippen LogP contribution in [0.1, 0.15) is 17.0 Å². The van der Waals surface area contributed by atoms with E-state index in [2.05, 4.69) is 32.5 Å². The van der Waals surface area contributed by atoms with E-state index in [9.17, 15) is 14.0 Å².